The van der Waals surface area contributed by atoms with Crippen molar-refractivity contribution in [2.75, 3.05) is 0 Å². The molecule has 2 nitrogen and oxygen atoms in total. The minimum Gasteiger partial charge on any atom is -0.380 e. The monoisotopic (exact) mass is 305 g/mol. The Morgan fingerprint density at radius 2 is 2.00 bits per heavy atom. The smallest absolute Gasteiger partial charge is 0.116 e. The van der Waals surface area contributed by atoms with E-state index >= 15 is 0 Å². The molecule has 18 heavy (non-hydrogen) atoms. The molecule has 3 heteroatoms. The normalized spacial score (nSPS) is 14.2. The Morgan fingerprint density at radius 1 is 1.22 bits per heavy atom. The van der Waals surface area contributed by atoms with E-state index in [1.165, 1.54) is 0 Å². The number of halogens is 1. The molecule has 1 aromatic heterocycles. The molecule has 0 radical (unpaired) electrons. The quantitative estimate of drug-likeness (QED) is 0.935. The van der Waals surface area contributed by atoms with Gasteiger partial charge in [-0.15, -0.1) is 0 Å². The molecule has 1 heterocycles. The van der Waals surface area contributed by atoms with Gasteiger partial charge in [0.05, 0.1) is 0 Å². The second-order valence-electron chi connectivity index (χ2n) is 4.41. The van der Waals surface area contributed by atoms with E-state index in [0.29, 0.717) is 6.42 Å². The first-order valence-electron chi connectivity index (χ1n) is 5.98. The van der Waals surface area contributed by atoms with Gasteiger partial charge in [0.2, 0.25) is 0 Å². The summed E-state index contributed by atoms with van der Waals surface area (Å²) in [5.74, 6) is 0. The van der Waals surface area contributed by atoms with Crippen LogP contribution < -0.4 is 0 Å². The fourth-order valence-electron chi connectivity index (χ4n) is 2.03. The summed E-state index contributed by atoms with van der Waals surface area (Å²) in [6, 6.07) is 11.6. The van der Waals surface area contributed by atoms with E-state index < -0.39 is 5.60 Å². The average Bonchev–Trinajstić information content (AvgIpc) is 2.38. The molecular formula is C15H16BrNO. The zero-order chi connectivity index (χ0) is 13.2. The third kappa shape index (κ3) is 2.47. The number of nitrogens with zero attached hydrogens (tertiary/aromatic N) is 1. The molecule has 94 valence electrons. The zero-order valence-corrected chi connectivity index (χ0v) is 12.1. The molecule has 2 aromatic rings. The van der Waals surface area contributed by atoms with Crippen molar-refractivity contribution >= 4 is 15.9 Å². The molecule has 0 saturated carbocycles. The average molecular weight is 306 g/mol. The number of aliphatic hydroxyl groups is 1. The Morgan fingerprint density at radius 3 is 2.56 bits per heavy atom. The molecule has 0 aliphatic carbocycles. The van der Waals surface area contributed by atoms with Crippen LogP contribution in [-0.2, 0) is 5.60 Å². The molecule has 0 amide bonds. The molecule has 0 aliphatic rings. The van der Waals surface area contributed by atoms with E-state index in [0.717, 1.165) is 21.3 Å². The van der Waals surface area contributed by atoms with Crippen molar-refractivity contribution in [1.82, 2.24) is 4.98 Å². The molecule has 0 bridgehead atoms. The summed E-state index contributed by atoms with van der Waals surface area (Å²) in [7, 11) is 0. The second-order valence-corrected chi connectivity index (χ2v) is 5.33. The predicted molar refractivity (Wildman–Crippen MR) is 76.4 cm³/mol. The number of hydrogen-bond donors (Lipinski definition) is 1. The van der Waals surface area contributed by atoms with Gasteiger partial charge in [0.1, 0.15) is 5.60 Å². The summed E-state index contributed by atoms with van der Waals surface area (Å²) in [6.45, 7) is 3.91. The number of aromatic nitrogens is 1. The number of hydrogen-bond acceptors (Lipinski definition) is 2. The Labute approximate surface area is 116 Å². The third-order valence-electron chi connectivity index (χ3n) is 3.20. The minimum absolute atomic E-state index is 0.605. The van der Waals surface area contributed by atoms with Crippen LogP contribution in [0.1, 0.15) is 30.2 Å². The lowest BCUT2D eigenvalue weighted by molar-refractivity contribution is 0.0761. The summed E-state index contributed by atoms with van der Waals surface area (Å²) in [4.78, 5) is 4.27. The van der Waals surface area contributed by atoms with E-state index in [1.807, 2.05) is 50.2 Å². The van der Waals surface area contributed by atoms with Gasteiger partial charge in [-0.3, -0.25) is 4.98 Å². The van der Waals surface area contributed by atoms with Crippen molar-refractivity contribution in [3.63, 3.8) is 0 Å². The molecule has 2 rings (SSSR count). The van der Waals surface area contributed by atoms with Gasteiger partial charge >= 0.3 is 0 Å². The summed E-state index contributed by atoms with van der Waals surface area (Å²) < 4.78 is 0.965. The van der Waals surface area contributed by atoms with Crippen LogP contribution in [0.4, 0.5) is 0 Å². The Bertz CT molecular complexity index is 538. The van der Waals surface area contributed by atoms with Gasteiger partial charge in [-0.1, -0.05) is 41.1 Å². The van der Waals surface area contributed by atoms with Crippen molar-refractivity contribution < 1.29 is 5.11 Å². The summed E-state index contributed by atoms with van der Waals surface area (Å²) in [5.41, 5.74) is 1.68. The second kappa shape index (κ2) is 5.21. The van der Waals surface area contributed by atoms with E-state index in [1.54, 1.807) is 6.20 Å². The van der Waals surface area contributed by atoms with Crippen LogP contribution in [0.2, 0.25) is 0 Å². The van der Waals surface area contributed by atoms with Crippen molar-refractivity contribution in [3.05, 3.63) is 63.9 Å². The molecule has 0 spiro atoms. The number of rotatable bonds is 3. The standard InChI is InChI=1S/C15H16BrNO/c1-3-15(18,12-5-4-6-14(16)9-12)13-8-7-11(2)17-10-13/h4-10,18H,3H2,1-2H3. The lowest BCUT2D eigenvalue weighted by Gasteiger charge is -2.28. The van der Waals surface area contributed by atoms with Gasteiger partial charge in [0, 0.05) is 21.9 Å². The first-order valence-corrected chi connectivity index (χ1v) is 6.77. The van der Waals surface area contributed by atoms with Crippen LogP contribution in [-0.4, -0.2) is 10.1 Å². The maximum Gasteiger partial charge on any atom is 0.116 e. The van der Waals surface area contributed by atoms with Crippen molar-refractivity contribution in [2.45, 2.75) is 25.9 Å². The topological polar surface area (TPSA) is 33.1 Å². The first-order chi connectivity index (χ1) is 8.56. The molecule has 1 N–H and O–H groups in total. The van der Waals surface area contributed by atoms with Crippen LogP contribution in [0.5, 0.6) is 0 Å². The largest absolute Gasteiger partial charge is 0.380 e. The fourth-order valence-corrected chi connectivity index (χ4v) is 2.43. The third-order valence-corrected chi connectivity index (χ3v) is 3.70. The molecule has 0 fully saturated rings. The van der Waals surface area contributed by atoms with E-state index in [2.05, 4.69) is 20.9 Å². The number of pyridine rings is 1. The fraction of sp³-hybridized carbons (Fsp3) is 0.267. The van der Waals surface area contributed by atoms with Crippen molar-refractivity contribution in [3.8, 4) is 0 Å². The van der Waals surface area contributed by atoms with Gasteiger partial charge < -0.3 is 5.11 Å². The molecular weight excluding hydrogens is 290 g/mol. The lowest BCUT2D eigenvalue weighted by atomic mass is 9.85. The summed E-state index contributed by atoms with van der Waals surface area (Å²) in [5, 5.41) is 10.9. The predicted octanol–water partition coefficient (Wildman–Crippen LogP) is 3.80. The van der Waals surface area contributed by atoms with Crippen molar-refractivity contribution in [1.29, 1.82) is 0 Å². The maximum absolute atomic E-state index is 10.9. The van der Waals surface area contributed by atoms with E-state index in [9.17, 15) is 5.11 Å². The van der Waals surface area contributed by atoms with Crippen LogP contribution in [0.15, 0.2) is 47.1 Å². The van der Waals surface area contributed by atoms with Crippen LogP contribution in [0, 0.1) is 6.92 Å². The van der Waals surface area contributed by atoms with Gasteiger partial charge in [0.25, 0.3) is 0 Å². The SMILES string of the molecule is CCC(O)(c1ccc(C)nc1)c1cccc(Br)c1. The highest BCUT2D eigenvalue weighted by atomic mass is 79.9. The highest BCUT2D eigenvalue weighted by Crippen LogP contribution is 2.33. The first kappa shape index (κ1) is 13.2. The molecule has 0 saturated heterocycles. The Kier molecular flexibility index (Phi) is 3.83. The maximum atomic E-state index is 10.9. The highest BCUT2D eigenvalue weighted by molar-refractivity contribution is 9.10. The highest BCUT2D eigenvalue weighted by Gasteiger charge is 2.29. The Balaban J connectivity index is 2.51. The zero-order valence-electron chi connectivity index (χ0n) is 10.5. The number of benzene rings is 1. The number of aryl methyl sites for hydroxylation is 1. The van der Waals surface area contributed by atoms with Crippen molar-refractivity contribution in [2.24, 2.45) is 0 Å². The van der Waals surface area contributed by atoms with Crippen LogP contribution in [0.25, 0.3) is 0 Å². The van der Waals surface area contributed by atoms with Gasteiger partial charge in [-0.2, -0.15) is 0 Å². The van der Waals surface area contributed by atoms with Gasteiger partial charge in [-0.05, 0) is 37.1 Å². The molecule has 1 aromatic carbocycles. The van der Waals surface area contributed by atoms with Crippen LogP contribution >= 0.6 is 15.9 Å². The van der Waals surface area contributed by atoms with Crippen LogP contribution in [0.3, 0.4) is 0 Å². The van der Waals surface area contributed by atoms with Gasteiger partial charge in [-0.25, -0.2) is 0 Å². The Hall–Kier alpha value is -1.19. The van der Waals surface area contributed by atoms with Gasteiger partial charge in [0.15, 0.2) is 0 Å². The van der Waals surface area contributed by atoms with E-state index in [-0.39, 0.29) is 0 Å². The summed E-state index contributed by atoms with van der Waals surface area (Å²) >= 11 is 3.44. The minimum atomic E-state index is -0.982. The molecule has 1 atom stereocenters. The molecule has 1 unspecified atom stereocenters. The lowest BCUT2D eigenvalue weighted by Crippen LogP contribution is -2.26. The van der Waals surface area contributed by atoms with E-state index in [4.69, 9.17) is 0 Å². The summed E-state index contributed by atoms with van der Waals surface area (Å²) in [6.07, 6.45) is 2.36. The molecule has 0 aliphatic heterocycles.